The van der Waals surface area contributed by atoms with E-state index >= 15 is 0 Å². The molecule has 4 nitrogen and oxygen atoms in total. The van der Waals surface area contributed by atoms with Crippen LogP contribution in [0, 0.1) is 5.92 Å². The number of carbonyl (C=O) groups excluding carboxylic acids is 2. The summed E-state index contributed by atoms with van der Waals surface area (Å²) in [6.07, 6.45) is 0.644. The summed E-state index contributed by atoms with van der Waals surface area (Å²) in [6, 6.07) is 19.4. The van der Waals surface area contributed by atoms with Crippen molar-refractivity contribution >= 4 is 11.9 Å². The zero-order valence-corrected chi connectivity index (χ0v) is 12.2. The minimum absolute atomic E-state index is 0.182. The van der Waals surface area contributed by atoms with Crippen LogP contribution in [-0.4, -0.2) is 23.4 Å². The summed E-state index contributed by atoms with van der Waals surface area (Å²) in [5.41, 5.74) is 2.17. The number of amides is 3. The van der Waals surface area contributed by atoms with Gasteiger partial charge >= 0.3 is 6.03 Å². The molecule has 3 rings (SSSR count). The Balaban J connectivity index is 1.70. The van der Waals surface area contributed by atoms with Crippen molar-refractivity contribution in [2.75, 3.05) is 6.54 Å². The van der Waals surface area contributed by atoms with Crippen molar-refractivity contribution in [3.63, 3.8) is 0 Å². The average molecular weight is 294 g/mol. The lowest BCUT2D eigenvalue weighted by Gasteiger charge is -2.32. The predicted molar refractivity (Wildman–Crippen MR) is 84.0 cm³/mol. The quantitative estimate of drug-likeness (QED) is 0.942. The van der Waals surface area contributed by atoms with Crippen molar-refractivity contribution < 1.29 is 9.59 Å². The monoisotopic (exact) mass is 294 g/mol. The van der Waals surface area contributed by atoms with Crippen LogP contribution in [0.1, 0.15) is 11.1 Å². The van der Waals surface area contributed by atoms with E-state index in [1.807, 2.05) is 60.7 Å². The maximum absolute atomic E-state index is 12.0. The van der Waals surface area contributed by atoms with Gasteiger partial charge in [-0.25, -0.2) is 4.79 Å². The van der Waals surface area contributed by atoms with Gasteiger partial charge in [-0.15, -0.1) is 0 Å². The fraction of sp³-hybridized carbons (Fsp3) is 0.222. The largest absolute Gasteiger partial charge is 0.324 e. The first-order valence-corrected chi connectivity index (χ1v) is 7.40. The molecule has 0 bridgehead atoms. The topological polar surface area (TPSA) is 49.4 Å². The third-order valence-electron chi connectivity index (χ3n) is 3.87. The van der Waals surface area contributed by atoms with Gasteiger partial charge in [-0.3, -0.25) is 10.1 Å². The molecule has 3 amide bonds. The molecule has 1 unspecified atom stereocenters. The lowest BCUT2D eigenvalue weighted by atomic mass is 9.96. The first kappa shape index (κ1) is 14.3. The highest BCUT2D eigenvalue weighted by Gasteiger charge is 2.32. The van der Waals surface area contributed by atoms with Gasteiger partial charge in [-0.05, 0) is 17.5 Å². The minimum atomic E-state index is -0.307. The Morgan fingerprint density at radius 1 is 0.909 bits per heavy atom. The second-order valence-electron chi connectivity index (χ2n) is 5.55. The van der Waals surface area contributed by atoms with Crippen LogP contribution in [0.5, 0.6) is 0 Å². The van der Waals surface area contributed by atoms with E-state index in [1.165, 1.54) is 0 Å². The van der Waals surface area contributed by atoms with E-state index in [9.17, 15) is 9.59 Å². The van der Waals surface area contributed by atoms with Crippen molar-refractivity contribution in [2.24, 2.45) is 5.92 Å². The third-order valence-corrected chi connectivity index (χ3v) is 3.87. The van der Waals surface area contributed by atoms with Crippen LogP contribution in [0.25, 0.3) is 0 Å². The summed E-state index contributed by atoms with van der Waals surface area (Å²) in [5.74, 6) is -0.387. The van der Waals surface area contributed by atoms with Crippen LogP contribution < -0.4 is 5.32 Å². The summed E-state index contributed by atoms with van der Waals surface area (Å²) >= 11 is 0. The maximum Gasteiger partial charge on any atom is 0.324 e. The van der Waals surface area contributed by atoms with E-state index in [-0.39, 0.29) is 17.9 Å². The fourth-order valence-corrected chi connectivity index (χ4v) is 2.71. The number of nitrogens with zero attached hydrogens (tertiary/aromatic N) is 1. The Hall–Kier alpha value is -2.62. The van der Waals surface area contributed by atoms with Gasteiger partial charge in [0.25, 0.3) is 0 Å². The molecule has 1 saturated heterocycles. The van der Waals surface area contributed by atoms with Crippen molar-refractivity contribution in [3.8, 4) is 0 Å². The first-order chi connectivity index (χ1) is 10.7. The number of urea groups is 1. The molecule has 2 aromatic carbocycles. The van der Waals surface area contributed by atoms with Gasteiger partial charge in [0, 0.05) is 13.1 Å². The second-order valence-corrected chi connectivity index (χ2v) is 5.55. The van der Waals surface area contributed by atoms with E-state index in [1.54, 1.807) is 4.90 Å². The summed E-state index contributed by atoms with van der Waals surface area (Å²) in [7, 11) is 0. The molecule has 22 heavy (non-hydrogen) atoms. The molecule has 0 aromatic heterocycles. The third kappa shape index (κ3) is 3.34. The van der Waals surface area contributed by atoms with Crippen LogP contribution in [0.15, 0.2) is 60.7 Å². The standard InChI is InChI=1S/C18H18N2O2/c21-17-16(11-14-7-3-1-4-8-14)13-20(18(22)19-17)12-15-9-5-2-6-10-15/h1-10,16H,11-13H2,(H,19,21,22). The van der Waals surface area contributed by atoms with E-state index in [0.29, 0.717) is 19.5 Å². The van der Waals surface area contributed by atoms with Crippen molar-refractivity contribution in [2.45, 2.75) is 13.0 Å². The Kier molecular flexibility index (Phi) is 4.19. The van der Waals surface area contributed by atoms with Gasteiger partial charge in [0.2, 0.25) is 5.91 Å². The summed E-state index contributed by atoms with van der Waals surface area (Å²) in [6.45, 7) is 0.972. The molecule has 0 aliphatic carbocycles. The highest BCUT2D eigenvalue weighted by atomic mass is 16.2. The van der Waals surface area contributed by atoms with Gasteiger partial charge in [0.05, 0.1) is 5.92 Å². The lowest BCUT2D eigenvalue weighted by molar-refractivity contribution is -0.126. The predicted octanol–water partition coefficient (Wildman–Crippen LogP) is 2.60. The van der Waals surface area contributed by atoms with Crippen LogP contribution in [-0.2, 0) is 17.8 Å². The van der Waals surface area contributed by atoms with E-state index < -0.39 is 0 Å². The Morgan fingerprint density at radius 3 is 2.14 bits per heavy atom. The van der Waals surface area contributed by atoms with Gasteiger partial charge in [0.1, 0.15) is 0 Å². The van der Waals surface area contributed by atoms with Crippen LogP contribution in [0.3, 0.4) is 0 Å². The zero-order valence-electron chi connectivity index (χ0n) is 12.2. The average Bonchev–Trinajstić information content (AvgIpc) is 2.54. The molecular formula is C18H18N2O2. The smallest absolute Gasteiger partial charge is 0.319 e. The molecule has 2 aromatic rings. The number of hydrogen-bond donors (Lipinski definition) is 1. The van der Waals surface area contributed by atoms with E-state index in [4.69, 9.17) is 0 Å². The normalized spacial score (nSPS) is 18.2. The van der Waals surface area contributed by atoms with Crippen molar-refractivity contribution in [1.82, 2.24) is 10.2 Å². The van der Waals surface area contributed by atoms with Crippen molar-refractivity contribution in [3.05, 3.63) is 71.8 Å². The highest BCUT2D eigenvalue weighted by Crippen LogP contribution is 2.17. The number of imide groups is 1. The summed E-state index contributed by atoms with van der Waals surface area (Å²) < 4.78 is 0. The Bertz CT molecular complexity index is 598. The molecule has 0 spiro atoms. The molecule has 1 heterocycles. The SMILES string of the molecule is O=C1NC(=O)N(Cc2ccccc2)CC1Cc1ccccc1. The van der Waals surface area contributed by atoms with E-state index in [2.05, 4.69) is 5.32 Å². The molecule has 1 aliphatic rings. The highest BCUT2D eigenvalue weighted by molar-refractivity contribution is 5.98. The molecule has 1 fully saturated rings. The molecule has 112 valence electrons. The molecule has 1 N–H and O–H groups in total. The van der Waals surface area contributed by atoms with Crippen LogP contribution in [0.4, 0.5) is 4.79 Å². The fourth-order valence-electron chi connectivity index (χ4n) is 2.71. The summed E-state index contributed by atoms with van der Waals surface area (Å²) in [5, 5.41) is 2.47. The number of rotatable bonds is 4. The lowest BCUT2D eigenvalue weighted by Crippen LogP contribution is -2.54. The number of nitrogens with one attached hydrogen (secondary N) is 1. The number of carbonyl (C=O) groups is 2. The molecule has 0 radical (unpaired) electrons. The van der Waals surface area contributed by atoms with Gasteiger partial charge in [-0.2, -0.15) is 0 Å². The number of benzene rings is 2. The Morgan fingerprint density at radius 2 is 1.50 bits per heavy atom. The number of hydrogen-bond acceptors (Lipinski definition) is 2. The van der Waals surface area contributed by atoms with Crippen LogP contribution in [0.2, 0.25) is 0 Å². The molecule has 1 aliphatic heterocycles. The summed E-state index contributed by atoms with van der Waals surface area (Å²) in [4.78, 5) is 25.7. The van der Waals surface area contributed by atoms with Crippen molar-refractivity contribution in [1.29, 1.82) is 0 Å². The van der Waals surface area contributed by atoms with Gasteiger partial charge in [0.15, 0.2) is 0 Å². The molecule has 1 atom stereocenters. The molecule has 0 saturated carbocycles. The van der Waals surface area contributed by atoms with Crippen LogP contribution >= 0.6 is 0 Å². The van der Waals surface area contributed by atoms with Gasteiger partial charge < -0.3 is 4.90 Å². The Labute approximate surface area is 129 Å². The molecular weight excluding hydrogens is 276 g/mol. The molecule has 4 heteroatoms. The zero-order chi connectivity index (χ0) is 15.4. The second kappa shape index (κ2) is 6.43. The van der Waals surface area contributed by atoms with E-state index in [0.717, 1.165) is 11.1 Å². The van der Waals surface area contributed by atoms with Gasteiger partial charge in [-0.1, -0.05) is 60.7 Å². The minimum Gasteiger partial charge on any atom is -0.319 e. The first-order valence-electron chi connectivity index (χ1n) is 7.40. The maximum atomic E-state index is 12.0.